The highest BCUT2D eigenvalue weighted by molar-refractivity contribution is 7.89. The Morgan fingerprint density at radius 3 is 2.58 bits per heavy atom. The summed E-state index contributed by atoms with van der Waals surface area (Å²) in [6, 6.07) is 8.41. The van der Waals surface area contributed by atoms with E-state index in [4.69, 9.17) is 9.84 Å². The average Bonchev–Trinajstić information content (AvgIpc) is 3.28. The van der Waals surface area contributed by atoms with Crippen molar-refractivity contribution >= 4 is 26.9 Å². The van der Waals surface area contributed by atoms with E-state index in [0.717, 1.165) is 10.4 Å². The first-order valence-corrected chi connectivity index (χ1v) is 10.8. The van der Waals surface area contributed by atoms with Gasteiger partial charge in [0.15, 0.2) is 0 Å². The Morgan fingerprint density at radius 1 is 1.23 bits per heavy atom. The van der Waals surface area contributed by atoms with Gasteiger partial charge >= 0.3 is 5.97 Å². The highest BCUT2D eigenvalue weighted by Gasteiger charge is 2.42. The monoisotopic (exact) mass is 451 g/mol. The van der Waals surface area contributed by atoms with Crippen molar-refractivity contribution < 1.29 is 31.8 Å². The lowest BCUT2D eigenvalue weighted by Gasteiger charge is -2.17. The third-order valence-electron chi connectivity index (χ3n) is 5.26. The molecule has 8 nitrogen and oxygen atoms in total. The van der Waals surface area contributed by atoms with Gasteiger partial charge in [0.05, 0.1) is 35.7 Å². The lowest BCUT2D eigenvalue weighted by molar-refractivity contribution is -0.136. The molecule has 0 radical (unpaired) electrons. The van der Waals surface area contributed by atoms with Crippen molar-refractivity contribution in [1.29, 1.82) is 0 Å². The number of carbonyl (C=O) groups is 1. The van der Waals surface area contributed by atoms with Gasteiger partial charge in [-0.25, -0.2) is 17.2 Å². The number of nitrogens with zero attached hydrogens (tertiary/aromatic N) is 3. The van der Waals surface area contributed by atoms with Gasteiger partial charge in [0.25, 0.3) is 0 Å². The van der Waals surface area contributed by atoms with Crippen LogP contribution in [0.4, 0.5) is 8.78 Å². The van der Waals surface area contributed by atoms with Crippen molar-refractivity contribution in [1.82, 2.24) is 14.1 Å². The second kappa shape index (κ2) is 7.89. The number of carboxylic acid groups (broad SMARTS) is 1. The Morgan fingerprint density at radius 2 is 1.94 bits per heavy atom. The van der Waals surface area contributed by atoms with Gasteiger partial charge < -0.3 is 9.84 Å². The molecule has 0 aliphatic carbocycles. The second-order valence-corrected chi connectivity index (χ2v) is 9.14. The minimum Gasteiger partial charge on any atom is -0.497 e. The van der Waals surface area contributed by atoms with Gasteiger partial charge in [-0.1, -0.05) is 0 Å². The van der Waals surface area contributed by atoms with Gasteiger partial charge in [-0.05, 0) is 42.5 Å². The third-order valence-corrected chi connectivity index (χ3v) is 7.11. The summed E-state index contributed by atoms with van der Waals surface area (Å²) in [6.07, 6.45) is -2.04. The predicted octanol–water partition coefficient (Wildman–Crippen LogP) is 2.39. The fourth-order valence-corrected chi connectivity index (χ4v) is 5.21. The lowest BCUT2D eigenvalue weighted by atomic mass is 10.1. The van der Waals surface area contributed by atoms with E-state index in [1.165, 1.54) is 48.2 Å². The maximum absolute atomic E-state index is 15.0. The summed E-state index contributed by atoms with van der Waals surface area (Å²) < 4.78 is 62.0. The first-order chi connectivity index (χ1) is 14.7. The van der Waals surface area contributed by atoms with Crippen LogP contribution in [0.25, 0.3) is 10.9 Å². The number of sulfonamides is 1. The molecule has 0 amide bonds. The van der Waals surface area contributed by atoms with Crippen molar-refractivity contribution in [3.8, 4) is 5.75 Å². The van der Waals surface area contributed by atoms with Crippen molar-refractivity contribution in [3.63, 3.8) is 0 Å². The normalized spacial score (nSPS) is 19.7. The molecule has 164 valence electrons. The number of alkyl halides is 1. The lowest BCUT2D eigenvalue weighted by Crippen LogP contribution is -2.29. The molecule has 2 aromatic carbocycles. The number of carboxylic acids is 1. The molecule has 1 saturated heterocycles. The maximum atomic E-state index is 15.0. The summed E-state index contributed by atoms with van der Waals surface area (Å²) in [7, 11) is -2.53. The molecule has 11 heteroatoms. The van der Waals surface area contributed by atoms with Crippen LogP contribution in [0.3, 0.4) is 0 Å². The third kappa shape index (κ3) is 3.86. The van der Waals surface area contributed by atoms with Crippen LogP contribution in [-0.4, -0.2) is 60.0 Å². The number of rotatable bonds is 6. The predicted molar refractivity (Wildman–Crippen MR) is 107 cm³/mol. The van der Waals surface area contributed by atoms with Crippen molar-refractivity contribution in [2.24, 2.45) is 0 Å². The van der Waals surface area contributed by atoms with E-state index >= 15 is 0 Å². The van der Waals surface area contributed by atoms with Gasteiger partial charge in [0.1, 0.15) is 17.7 Å². The van der Waals surface area contributed by atoms with Gasteiger partial charge in [-0.3, -0.25) is 9.48 Å². The summed E-state index contributed by atoms with van der Waals surface area (Å²) in [5.74, 6) is -1.24. The van der Waals surface area contributed by atoms with Crippen LogP contribution < -0.4 is 4.74 Å². The van der Waals surface area contributed by atoms with E-state index in [9.17, 15) is 22.0 Å². The molecule has 1 N–H and O–H groups in total. The number of methoxy groups -OCH3 is 1. The number of hydrogen-bond acceptors (Lipinski definition) is 5. The molecule has 0 bridgehead atoms. The highest BCUT2D eigenvalue weighted by Crippen LogP contribution is 2.33. The Kier molecular flexibility index (Phi) is 5.40. The van der Waals surface area contributed by atoms with Crippen molar-refractivity contribution in [3.05, 3.63) is 54.0 Å². The first-order valence-electron chi connectivity index (χ1n) is 9.37. The fraction of sp³-hybridized carbons (Fsp3) is 0.300. The number of halogens is 2. The molecule has 1 aliphatic heterocycles. The van der Waals surface area contributed by atoms with E-state index in [-0.39, 0.29) is 22.7 Å². The summed E-state index contributed by atoms with van der Waals surface area (Å²) in [5.41, 5.74) is 0.374. The van der Waals surface area contributed by atoms with E-state index in [2.05, 4.69) is 5.10 Å². The molecule has 4 rings (SSSR count). The van der Waals surface area contributed by atoms with E-state index in [1.807, 2.05) is 0 Å². The number of aliphatic carboxylic acids is 1. The second-order valence-electron chi connectivity index (χ2n) is 7.20. The van der Waals surface area contributed by atoms with Gasteiger partial charge in [-0.15, -0.1) is 0 Å². The summed E-state index contributed by atoms with van der Waals surface area (Å²) in [5, 5.41) is 13.7. The number of benzene rings is 2. The van der Waals surface area contributed by atoms with Gasteiger partial charge in [0.2, 0.25) is 10.0 Å². The largest absolute Gasteiger partial charge is 0.497 e. The van der Waals surface area contributed by atoms with Crippen LogP contribution in [-0.2, 0) is 21.2 Å². The molecule has 2 atom stereocenters. The van der Waals surface area contributed by atoms with Gasteiger partial charge in [0, 0.05) is 18.5 Å². The minimum absolute atomic E-state index is 0.0101. The van der Waals surface area contributed by atoms with E-state index < -0.39 is 47.0 Å². The van der Waals surface area contributed by atoms with Crippen LogP contribution in [0.5, 0.6) is 5.75 Å². The Labute approximate surface area is 176 Å². The van der Waals surface area contributed by atoms with E-state index in [0.29, 0.717) is 11.1 Å². The number of aromatic nitrogens is 2. The van der Waals surface area contributed by atoms with Gasteiger partial charge in [-0.2, -0.15) is 9.40 Å². The zero-order chi connectivity index (χ0) is 22.3. The summed E-state index contributed by atoms with van der Waals surface area (Å²) in [6.45, 7) is -0.626. The smallest absolute Gasteiger partial charge is 0.309 e. The fourth-order valence-electron chi connectivity index (χ4n) is 3.74. The summed E-state index contributed by atoms with van der Waals surface area (Å²) in [4.78, 5) is 11.2. The molecule has 2 heterocycles. The molecule has 1 unspecified atom stereocenters. The van der Waals surface area contributed by atoms with Crippen LogP contribution in [0.15, 0.2) is 47.4 Å². The Hall–Kier alpha value is -3.05. The van der Waals surface area contributed by atoms with Crippen LogP contribution in [0.1, 0.15) is 11.7 Å². The molecule has 0 spiro atoms. The highest BCUT2D eigenvalue weighted by atomic mass is 32.2. The molecule has 0 saturated carbocycles. The SMILES string of the molecule is COc1ccc(S(=O)(=O)N2CC(F)[C@@H](n3nc(CC(=O)O)c4ccc(F)cc43)C2)cc1. The number of ether oxygens (including phenoxy) is 1. The molecular weight excluding hydrogens is 432 g/mol. The topological polar surface area (TPSA) is 102 Å². The standard InChI is InChI=1S/C20H19F2N3O5S/c1-30-13-3-5-14(6-4-13)31(28,29)24-10-16(22)19(11-24)25-18-8-12(21)2-7-15(18)17(23-25)9-20(26)27/h2-8,16,19H,9-11H2,1H3,(H,26,27)/t16?,19-/m0/s1. The molecular formula is C20H19F2N3O5S. The molecule has 3 aromatic rings. The van der Waals surface area contributed by atoms with Crippen LogP contribution in [0, 0.1) is 5.82 Å². The average molecular weight is 451 g/mol. The number of fused-ring (bicyclic) bond motifs is 1. The molecule has 31 heavy (non-hydrogen) atoms. The first kappa shape index (κ1) is 21.2. The quantitative estimate of drug-likeness (QED) is 0.618. The molecule has 1 aliphatic rings. The Balaban J connectivity index is 1.69. The zero-order valence-electron chi connectivity index (χ0n) is 16.4. The van der Waals surface area contributed by atoms with Crippen LogP contribution >= 0.6 is 0 Å². The maximum Gasteiger partial charge on any atom is 0.309 e. The molecule has 1 fully saturated rings. The Bertz CT molecular complexity index is 1240. The molecule has 1 aromatic heterocycles. The minimum atomic E-state index is -3.98. The van der Waals surface area contributed by atoms with Crippen LogP contribution in [0.2, 0.25) is 0 Å². The van der Waals surface area contributed by atoms with Crippen molar-refractivity contribution in [2.75, 3.05) is 20.2 Å². The van der Waals surface area contributed by atoms with E-state index in [1.54, 1.807) is 0 Å². The summed E-state index contributed by atoms with van der Waals surface area (Å²) >= 11 is 0. The van der Waals surface area contributed by atoms with Crippen molar-refractivity contribution in [2.45, 2.75) is 23.5 Å². The zero-order valence-corrected chi connectivity index (χ0v) is 17.2. The number of hydrogen-bond donors (Lipinski definition) is 1.